The smallest absolute Gasteiger partial charge is 0.231 e. The minimum atomic E-state index is 0.161. The van der Waals surface area contributed by atoms with Crippen LogP contribution in [0.2, 0.25) is 0 Å². The van der Waals surface area contributed by atoms with Crippen LogP contribution in [0.3, 0.4) is 0 Å². The maximum absolute atomic E-state index is 6.07. The Kier molecular flexibility index (Phi) is 3.59. The number of rotatable bonds is 4. The Labute approximate surface area is 124 Å². The molecule has 3 nitrogen and oxygen atoms in total. The van der Waals surface area contributed by atoms with Crippen molar-refractivity contribution in [3.63, 3.8) is 0 Å². The van der Waals surface area contributed by atoms with Crippen molar-refractivity contribution in [1.82, 2.24) is 5.16 Å². The van der Waals surface area contributed by atoms with Gasteiger partial charge in [-0.1, -0.05) is 37.9 Å². The number of nitrogen functional groups attached to an aromatic ring is 1. The second-order valence-electron chi connectivity index (χ2n) is 6.33. The van der Waals surface area contributed by atoms with Gasteiger partial charge in [-0.05, 0) is 36.6 Å². The van der Waals surface area contributed by atoms with Gasteiger partial charge in [0.2, 0.25) is 5.88 Å². The predicted molar refractivity (Wildman–Crippen MR) is 83.8 cm³/mol. The molecule has 1 aliphatic rings. The first-order chi connectivity index (χ1) is 9.62. The molecule has 108 valence electrons. The van der Waals surface area contributed by atoms with Crippen LogP contribution in [0.5, 0.6) is 0 Å². The molecule has 0 atom stereocenters. The first-order valence-electron chi connectivity index (χ1n) is 7.42. The van der Waals surface area contributed by atoms with Crippen LogP contribution in [0, 0.1) is 5.92 Å². The predicted octanol–water partition coefficient (Wildman–Crippen LogP) is 4.84. The molecule has 0 radical (unpaired) electrons. The van der Waals surface area contributed by atoms with Crippen LogP contribution in [0.25, 0.3) is 10.4 Å². The van der Waals surface area contributed by atoms with Gasteiger partial charge in [0.1, 0.15) is 5.69 Å². The average Bonchev–Trinajstić information content (AvgIpc) is 3.07. The minimum Gasteiger partial charge on any atom is -0.367 e. The molecule has 0 bridgehead atoms. The number of aromatic nitrogens is 1. The largest absolute Gasteiger partial charge is 0.367 e. The molecule has 1 saturated carbocycles. The van der Waals surface area contributed by atoms with Gasteiger partial charge in [-0.3, -0.25) is 0 Å². The first-order valence-corrected chi connectivity index (χ1v) is 8.30. The summed E-state index contributed by atoms with van der Waals surface area (Å²) in [5.41, 5.74) is 8.37. The Bertz CT molecular complexity index is 565. The maximum Gasteiger partial charge on any atom is 0.231 e. The molecular formula is C16H22N2OS. The van der Waals surface area contributed by atoms with Crippen LogP contribution in [-0.2, 0) is 5.41 Å². The van der Waals surface area contributed by atoms with Crippen molar-refractivity contribution in [1.29, 1.82) is 0 Å². The van der Waals surface area contributed by atoms with Gasteiger partial charge in [-0.2, -0.15) is 0 Å². The molecule has 2 heterocycles. The molecule has 0 unspecified atom stereocenters. The van der Waals surface area contributed by atoms with Crippen LogP contribution in [0.15, 0.2) is 22.0 Å². The number of nitrogens with two attached hydrogens (primary N) is 1. The summed E-state index contributed by atoms with van der Waals surface area (Å²) in [5.74, 6) is 1.12. The van der Waals surface area contributed by atoms with Crippen LogP contribution in [0.4, 0.5) is 5.88 Å². The summed E-state index contributed by atoms with van der Waals surface area (Å²) < 4.78 is 5.37. The van der Waals surface area contributed by atoms with Crippen molar-refractivity contribution in [3.8, 4) is 10.4 Å². The molecule has 0 spiro atoms. The summed E-state index contributed by atoms with van der Waals surface area (Å²) in [6, 6.07) is 4.16. The number of nitrogens with zero attached hydrogens (tertiary/aromatic N) is 1. The molecule has 0 amide bonds. The van der Waals surface area contributed by atoms with E-state index in [0.29, 0.717) is 11.8 Å². The maximum atomic E-state index is 6.07. The Balaban J connectivity index is 2.09. The molecule has 20 heavy (non-hydrogen) atoms. The second kappa shape index (κ2) is 5.24. The lowest BCUT2D eigenvalue weighted by Gasteiger charge is -2.29. The lowest BCUT2D eigenvalue weighted by molar-refractivity contribution is 0.316. The molecule has 1 aliphatic carbocycles. The third-order valence-corrected chi connectivity index (χ3v) is 5.24. The summed E-state index contributed by atoms with van der Waals surface area (Å²) in [5, 5.41) is 6.46. The fourth-order valence-corrected chi connectivity index (χ4v) is 4.47. The van der Waals surface area contributed by atoms with Crippen molar-refractivity contribution in [2.24, 2.45) is 5.92 Å². The van der Waals surface area contributed by atoms with E-state index in [4.69, 9.17) is 10.3 Å². The SMILES string of the molecule is CC(C)CC1(c2noc(N)c2-c2cccs2)CCCC1. The molecule has 2 N–H and O–H groups in total. The van der Waals surface area contributed by atoms with Crippen molar-refractivity contribution < 1.29 is 4.52 Å². The van der Waals surface area contributed by atoms with Crippen LogP contribution >= 0.6 is 11.3 Å². The summed E-state index contributed by atoms with van der Waals surface area (Å²) in [7, 11) is 0. The molecule has 3 rings (SSSR count). The Hall–Kier alpha value is -1.29. The lowest BCUT2D eigenvalue weighted by Crippen LogP contribution is -2.25. The summed E-state index contributed by atoms with van der Waals surface area (Å²) in [6.07, 6.45) is 6.13. The van der Waals surface area contributed by atoms with Gasteiger partial charge in [0, 0.05) is 10.3 Å². The molecule has 4 heteroatoms. The minimum absolute atomic E-state index is 0.161. The number of hydrogen-bond donors (Lipinski definition) is 1. The Morgan fingerprint density at radius 3 is 2.75 bits per heavy atom. The average molecular weight is 290 g/mol. The third kappa shape index (κ3) is 2.26. The highest BCUT2D eigenvalue weighted by Gasteiger charge is 2.41. The molecule has 1 fully saturated rings. The van der Waals surface area contributed by atoms with E-state index in [1.807, 2.05) is 0 Å². The van der Waals surface area contributed by atoms with Crippen molar-refractivity contribution in [2.75, 3.05) is 5.73 Å². The molecule has 2 aromatic heterocycles. The van der Waals surface area contributed by atoms with Gasteiger partial charge in [0.05, 0.1) is 5.56 Å². The van der Waals surface area contributed by atoms with Crippen molar-refractivity contribution in [2.45, 2.75) is 51.4 Å². The van der Waals surface area contributed by atoms with E-state index < -0.39 is 0 Å². The van der Waals surface area contributed by atoms with E-state index in [1.54, 1.807) is 11.3 Å². The molecular weight excluding hydrogens is 268 g/mol. The number of hydrogen-bond acceptors (Lipinski definition) is 4. The zero-order chi connectivity index (χ0) is 14.2. The fourth-order valence-electron chi connectivity index (χ4n) is 3.69. The zero-order valence-electron chi connectivity index (χ0n) is 12.2. The fraction of sp³-hybridized carbons (Fsp3) is 0.562. The van der Waals surface area contributed by atoms with Gasteiger partial charge < -0.3 is 10.3 Å². The van der Waals surface area contributed by atoms with Gasteiger partial charge >= 0.3 is 0 Å². The Morgan fingerprint density at radius 2 is 2.15 bits per heavy atom. The highest BCUT2D eigenvalue weighted by Crippen LogP contribution is 2.50. The topological polar surface area (TPSA) is 52.0 Å². The van der Waals surface area contributed by atoms with Crippen molar-refractivity contribution in [3.05, 3.63) is 23.2 Å². The van der Waals surface area contributed by atoms with E-state index in [1.165, 1.54) is 30.6 Å². The van der Waals surface area contributed by atoms with Gasteiger partial charge in [0.25, 0.3) is 0 Å². The van der Waals surface area contributed by atoms with Gasteiger partial charge in [0.15, 0.2) is 0 Å². The van der Waals surface area contributed by atoms with Crippen LogP contribution in [-0.4, -0.2) is 5.16 Å². The molecule has 2 aromatic rings. The van der Waals surface area contributed by atoms with Gasteiger partial charge in [-0.25, -0.2) is 0 Å². The highest BCUT2D eigenvalue weighted by atomic mass is 32.1. The molecule has 0 saturated heterocycles. The highest BCUT2D eigenvalue weighted by molar-refractivity contribution is 7.13. The standard InChI is InChI=1S/C16H22N2OS/c1-11(2)10-16(7-3-4-8-16)14-13(15(17)19-18-14)12-6-5-9-20-12/h5-6,9,11H,3-4,7-8,10,17H2,1-2H3. The van der Waals surface area contributed by atoms with E-state index in [0.717, 1.165) is 17.7 Å². The third-order valence-electron chi connectivity index (χ3n) is 4.35. The number of thiophene rings is 1. The summed E-state index contributed by atoms with van der Waals surface area (Å²) >= 11 is 1.71. The lowest BCUT2D eigenvalue weighted by atomic mass is 9.74. The second-order valence-corrected chi connectivity index (χ2v) is 7.28. The quantitative estimate of drug-likeness (QED) is 0.876. The normalized spacial score (nSPS) is 17.9. The zero-order valence-corrected chi connectivity index (χ0v) is 13.0. The summed E-state index contributed by atoms with van der Waals surface area (Å²) in [4.78, 5) is 1.17. The van der Waals surface area contributed by atoms with Crippen LogP contribution in [0.1, 0.15) is 51.6 Å². The monoisotopic (exact) mass is 290 g/mol. The van der Waals surface area contributed by atoms with E-state index in [2.05, 4.69) is 36.5 Å². The van der Waals surface area contributed by atoms with E-state index >= 15 is 0 Å². The number of anilines is 1. The van der Waals surface area contributed by atoms with Gasteiger partial charge in [-0.15, -0.1) is 11.3 Å². The van der Waals surface area contributed by atoms with E-state index in [-0.39, 0.29) is 5.41 Å². The summed E-state index contributed by atoms with van der Waals surface area (Å²) in [6.45, 7) is 4.57. The molecule has 0 aliphatic heterocycles. The molecule has 0 aromatic carbocycles. The Morgan fingerprint density at radius 1 is 1.40 bits per heavy atom. The van der Waals surface area contributed by atoms with Crippen molar-refractivity contribution >= 4 is 17.2 Å². The first kappa shape index (κ1) is 13.7. The van der Waals surface area contributed by atoms with E-state index in [9.17, 15) is 0 Å². The van der Waals surface area contributed by atoms with Crippen LogP contribution < -0.4 is 5.73 Å².